The Labute approximate surface area is 473 Å². The summed E-state index contributed by atoms with van der Waals surface area (Å²) in [6.45, 7) is 31.4. The number of hydrogen-bond acceptors (Lipinski definition) is 11. The van der Waals surface area contributed by atoms with E-state index in [0.717, 1.165) is 56.1 Å². The van der Waals surface area contributed by atoms with E-state index in [9.17, 15) is 0 Å². The molecule has 0 radical (unpaired) electrons. The number of hydrogen-bond donors (Lipinski definition) is 2. The van der Waals surface area contributed by atoms with Gasteiger partial charge < -0.3 is 48.5 Å². The summed E-state index contributed by atoms with van der Waals surface area (Å²) in [6.07, 6.45) is 1.78. The van der Waals surface area contributed by atoms with Crippen LogP contribution in [-0.2, 0) is 37.0 Å². The smallest absolute Gasteiger partial charge is 0.390 e. The monoisotopic (exact) mass is 1210 g/mol. The van der Waals surface area contributed by atoms with Crippen LogP contribution in [0, 0.1) is 0 Å². The first-order chi connectivity index (χ1) is 36.1. The second-order valence-electron chi connectivity index (χ2n) is 23.3. The Morgan fingerprint density at radius 2 is 0.442 bits per heavy atom. The molecule has 0 atom stereocenters. The molecule has 6 rings (SSSR count). The maximum Gasteiger partial charge on any atom is 0.390 e. The second kappa shape index (κ2) is 26.3. The molecule has 0 saturated heterocycles. The minimum atomic E-state index is -4.16. The van der Waals surface area contributed by atoms with E-state index in [2.05, 4.69) is 249 Å². The molecule has 0 aliphatic carbocycles. The lowest BCUT2D eigenvalue weighted by Crippen LogP contribution is -2.82. The molecular formula is C56H88N2O9Si10. The van der Waals surface area contributed by atoms with Crippen LogP contribution in [0.25, 0.3) is 0 Å². The zero-order chi connectivity index (χ0) is 56.3. The average Bonchev–Trinajstić information content (AvgIpc) is 3.38. The summed E-state index contributed by atoms with van der Waals surface area (Å²) in [5.41, 5.74) is 12.1. The molecule has 0 bridgehead atoms. The van der Waals surface area contributed by atoms with Gasteiger partial charge in [-0.15, -0.1) is 0 Å². The summed E-state index contributed by atoms with van der Waals surface area (Å²) in [7, 11) is -31.4. The molecule has 6 aromatic rings. The van der Waals surface area contributed by atoms with Gasteiger partial charge in [-0.3, -0.25) is 0 Å². The first-order valence-electron chi connectivity index (χ1n) is 27.2. The Balaban J connectivity index is 1.54. The van der Waals surface area contributed by atoms with Gasteiger partial charge in [-0.2, -0.15) is 0 Å². The molecule has 0 amide bonds. The molecule has 77 heavy (non-hydrogen) atoms. The Morgan fingerprint density at radius 1 is 0.247 bits per heavy atom. The van der Waals surface area contributed by atoms with Crippen molar-refractivity contribution in [3.05, 3.63) is 182 Å². The lowest BCUT2D eigenvalue weighted by molar-refractivity contribution is 0.263. The molecular weight excluding hydrogens is 1130 g/mol. The van der Waals surface area contributed by atoms with E-state index < -0.39 is 85.1 Å². The Bertz CT molecular complexity index is 2600. The van der Waals surface area contributed by atoms with Gasteiger partial charge in [0.15, 0.2) is 16.6 Å². The maximum absolute atomic E-state index is 8.66. The highest BCUT2D eigenvalue weighted by molar-refractivity contribution is 7.11. The van der Waals surface area contributed by atoms with E-state index in [1.807, 2.05) is 24.3 Å². The molecule has 6 aromatic carbocycles. The normalized spacial score (nSPS) is 13.7. The van der Waals surface area contributed by atoms with Crippen molar-refractivity contribution in [2.45, 2.75) is 117 Å². The van der Waals surface area contributed by atoms with Gasteiger partial charge in [0.2, 0.25) is 0 Å². The zero-order valence-corrected chi connectivity index (χ0v) is 58.4. The largest absolute Gasteiger partial charge is 0.436 e. The summed E-state index contributed by atoms with van der Waals surface area (Å²) in [5, 5.41) is 5.64. The van der Waals surface area contributed by atoms with Crippen LogP contribution in [0.1, 0.15) is 12.8 Å². The van der Waals surface area contributed by atoms with Crippen LogP contribution in [-0.4, -0.2) is 98.2 Å². The highest BCUT2D eigenvalue weighted by Crippen LogP contribution is 2.33. The summed E-state index contributed by atoms with van der Waals surface area (Å²) >= 11 is 0. The highest BCUT2D eigenvalue weighted by atomic mass is 28.5. The summed E-state index contributed by atoms with van der Waals surface area (Å²) < 4.78 is 69.0. The minimum Gasteiger partial charge on any atom is -0.436 e. The van der Waals surface area contributed by atoms with Gasteiger partial charge in [-0.1, -0.05) is 182 Å². The van der Waals surface area contributed by atoms with Gasteiger partial charge in [0.1, 0.15) is 0 Å². The molecule has 0 saturated carbocycles. The van der Waals surface area contributed by atoms with Crippen molar-refractivity contribution in [3.8, 4) is 0 Å². The summed E-state index contributed by atoms with van der Waals surface area (Å²) in [6, 6.07) is 64.9. The van der Waals surface area contributed by atoms with Gasteiger partial charge in [0.05, 0.1) is 0 Å². The first kappa shape index (κ1) is 63.2. The fourth-order valence-electron chi connectivity index (χ4n) is 10.6. The van der Waals surface area contributed by atoms with Crippen LogP contribution in [0.2, 0.25) is 104 Å². The molecule has 21 heteroatoms. The fourth-order valence-corrected chi connectivity index (χ4v) is 61.7. The third-order valence-electron chi connectivity index (χ3n) is 12.8. The van der Waals surface area contributed by atoms with Gasteiger partial charge >= 0.3 is 68.5 Å². The molecule has 0 heterocycles. The third kappa shape index (κ3) is 17.5. The van der Waals surface area contributed by atoms with Crippen molar-refractivity contribution in [1.29, 1.82) is 0 Å². The van der Waals surface area contributed by atoms with Crippen molar-refractivity contribution in [1.82, 2.24) is 0 Å². The van der Waals surface area contributed by atoms with E-state index >= 15 is 0 Å². The van der Waals surface area contributed by atoms with Gasteiger partial charge in [-0.05, 0) is 161 Å². The molecule has 416 valence electrons. The number of nitrogens with two attached hydrogens (primary N) is 2. The lowest BCUT2D eigenvalue weighted by atomic mass is 10.4. The van der Waals surface area contributed by atoms with Crippen molar-refractivity contribution in [3.63, 3.8) is 0 Å². The molecule has 0 fully saturated rings. The first-order valence-corrected chi connectivity index (χ1v) is 52.9. The highest BCUT2D eigenvalue weighted by Gasteiger charge is 2.62. The molecule has 0 spiro atoms. The fraction of sp³-hybridized carbons (Fsp3) is 0.357. The van der Waals surface area contributed by atoms with Gasteiger partial charge in [0.25, 0.3) is 0 Å². The number of benzene rings is 6. The van der Waals surface area contributed by atoms with Crippen LogP contribution in [0.4, 0.5) is 0 Å². The summed E-state index contributed by atoms with van der Waals surface area (Å²) in [5.74, 6) is 0. The van der Waals surface area contributed by atoms with E-state index in [0.29, 0.717) is 13.1 Å². The second-order valence-corrected chi connectivity index (χ2v) is 59.8. The van der Waals surface area contributed by atoms with Crippen LogP contribution in [0.5, 0.6) is 0 Å². The predicted octanol–water partition coefficient (Wildman–Crippen LogP) is 9.52. The van der Waals surface area contributed by atoms with E-state index in [1.165, 1.54) is 0 Å². The van der Waals surface area contributed by atoms with E-state index in [1.54, 1.807) is 0 Å². The standard InChI is InChI=1S/C56H88N2O9Si10/c1-68(2,49-33-47-57)59-70(5,6)61-71(7,8)62-72(9,10)63-73(11,12)64-74(13,14)65-76(53-39-25-17-26-40-53,54-41-27-18-28-42-54)67-77(55-43-29-19-30-44-55,56-45-31-20-32-46-56)66-75(51-35-21-15-22-36-51,52-37-23-16-24-38-52)60-69(3,4)50-34-48-58/h15-32,35-46H,33-34,47-50,57-58H2,1-14H3. The van der Waals surface area contributed by atoms with Gasteiger partial charge in [0, 0.05) is 0 Å². The van der Waals surface area contributed by atoms with Crippen molar-refractivity contribution >= 4 is 116 Å². The van der Waals surface area contributed by atoms with Crippen molar-refractivity contribution in [2.75, 3.05) is 13.1 Å². The van der Waals surface area contributed by atoms with Crippen LogP contribution >= 0.6 is 0 Å². The molecule has 0 unspecified atom stereocenters. The Morgan fingerprint density at radius 3 is 0.688 bits per heavy atom. The van der Waals surface area contributed by atoms with Crippen molar-refractivity contribution < 1.29 is 37.0 Å². The van der Waals surface area contributed by atoms with Gasteiger partial charge in [-0.25, -0.2) is 0 Å². The molecule has 11 nitrogen and oxygen atoms in total. The molecule has 4 N–H and O–H groups in total. The number of rotatable bonds is 30. The SMILES string of the molecule is C[Si](C)(CCCN)O[Si](C)(C)O[Si](C)(C)O[Si](C)(C)O[Si](C)(C)O[Si](C)(C)O[Si](O[Si](O[Si](O[Si](C)(C)CCCN)(c1ccccc1)c1ccccc1)(c1ccccc1)c1ccccc1)(c1ccccc1)c1ccccc1. The minimum absolute atomic E-state index is 0.569. The average molecular weight is 1210 g/mol. The zero-order valence-electron chi connectivity index (χ0n) is 48.4. The third-order valence-corrected chi connectivity index (χ3v) is 53.4. The maximum atomic E-state index is 8.66. The lowest BCUT2D eigenvalue weighted by Gasteiger charge is -2.49. The molecule has 0 aromatic heterocycles. The summed E-state index contributed by atoms with van der Waals surface area (Å²) in [4.78, 5) is 0. The Hall–Kier alpha value is -2.95. The predicted molar refractivity (Wildman–Crippen MR) is 343 cm³/mol. The van der Waals surface area contributed by atoms with Crippen LogP contribution in [0.3, 0.4) is 0 Å². The van der Waals surface area contributed by atoms with E-state index in [-0.39, 0.29) is 0 Å². The van der Waals surface area contributed by atoms with E-state index in [4.69, 9.17) is 48.5 Å². The van der Waals surface area contributed by atoms with Crippen molar-refractivity contribution in [2.24, 2.45) is 11.5 Å². The molecule has 0 aliphatic heterocycles. The van der Waals surface area contributed by atoms with Crippen LogP contribution < -0.4 is 42.6 Å². The topological polar surface area (TPSA) is 135 Å². The van der Waals surface area contributed by atoms with Crippen LogP contribution in [0.15, 0.2) is 182 Å². The molecule has 0 aliphatic rings. The Kier molecular flexibility index (Phi) is 21.6. The quantitative estimate of drug-likeness (QED) is 0.0418.